The van der Waals surface area contributed by atoms with Crippen LogP contribution in [0.5, 0.6) is 17.2 Å². The maximum atomic E-state index is 12.5. The summed E-state index contributed by atoms with van der Waals surface area (Å²) in [6.07, 6.45) is 0. The van der Waals surface area contributed by atoms with Crippen LogP contribution >= 0.6 is 11.3 Å². The third kappa shape index (κ3) is 5.62. The molecule has 0 unspecified atom stereocenters. The molecule has 33 heavy (non-hydrogen) atoms. The zero-order valence-corrected chi connectivity index (χ0v) is 20.0. The number of nitrogens with one attached hydrogen (secondary N) is 2. The van der Waals surface area contributed by atoms with Crippen molar-refractivity contribution in [2.24, 2.45) is 5.10 Å². The van der Waals surface area contributed by atoms with Gasteiger partial charge in [-0.15, -0.1) is 11.3 Å². The van der Waals surface area contributed by atoms with Crippen LogP contribution in [0.15, 0.2) is 63.2 Å². The first-order valence-electron chi connectivity index (χ1n) is 9.60. The summed E-state index contributed by atoms with van der Waals surface area (Å²) >= 11 is 1.12. The van der Waals surface area contributed by atoms with Crippen molar-refractivity contribution in [3.05, 3.63) is 65.0 Å². The Morgan fingerprint density at radius 1 is 0.939 bits per heavy atom. The quantitative estimate of drug-likeness (QED) is 0.350. The second kappa shape index (κ2) is 10.4. The predicted octanol–water partition coefficient (Wildman–Crippen LogP) is 3.73. The third-order valence-electron chi connectivity index (χ3n) is 4.57. The van der Waals surface area contributed by atoms with E-state index in [0.29, 0.717) is 39.8 Å². The van der Waals surface area contributed by atoms with E-state index in [-0.39, 0.29) is 4.21 Å². The van der Waals surface area contributed by atoms with Crippen LogP contribution in [0.3, 0.4) is 0 Å². The number of anilines is 1. The lowest BCUT2D eigenvalue weighted by Crippen LogP contribution is -2.19. The molecule has 11 heteroatoms. The fraction of sp³-hybridized carbons (Fsp3) is 0.182. The maximum absolute atomic E-state index is 12.5. The van der Waals surface area contributed by atoms with Gasteiger partial charge in [0.05, 0.1) is 27.0 Å². The van der Waals surface area contributed by atoms with Gasteiger partial charge in [-0.25, -0.2) is 13.8 Å². The first-order valence-corrected chi connectivity index (χ1v) is 12.0. The Bertz CT molecular complexity index is 1230. The first kappa shape index (κ1) is 24.1. The highest BCUT2D eigenvalue weighted by Crippen LogP contribution is 2.38. The number of benzene rings is 2. The topological polar surface area (TPSA) is 115 Å². The van der Waals surface area contributed by atoms with Crippen molar-refractivity contribution in [3.63, 3.8) is 0 Å². The number of hydrogen-bond acceptors (Lipinski definition) is 8. The van der Waals surface area contributed by atoms with Gasteiger partial charge >= 0.3 is 0 Å². The molecule has 0 fully saturated rings. The Hall–Kier alpha value is -3.57. The molecule has 3 aromatic rings. The summed E-state index contributed by atoms with van der Waals surface area (Å²) in [4.78, 5) is 12.5. The number of sulfonamides is 1. The van der Waals surface area contributed by atoms with Gasteiger partial charge in [-0.1, -0.05) is 6.07 Å². The molecule has 0 saturated heterocycles. The van der Waals surface area contributed by atoms with Gasteiger partial charge < -0.3 is 14.2 Å². The van der Waals surface area contributed by atoms with Gasteiger partial charge in [0, 0.05) is 16.8 Å². The van der Waals surface area contributed by atoms with Crippen molar-refractivity contribution in [3.8, 4) is 17.2 Å². The van der Waals surface area contributed by atoms with Crippen LogP contribution in [0.2, 0.25) is 0 Å². The number of hydrazone groups is 1. The van der Waals surface area contributed by atoms with Crippen LogP contribution in [-0.4, -0.2) is 41.4 Å². The molecule has 1 aromatic heterocycles. The lowest BCUT2D eigenvalue weighted by Gasteiger charge is -2.14. The van der Waals surface area contributed by atoms with Gasteiger partial charge in [0.1, 0.15) is 4.21 Å². The number of thiophene rings is 1. The number of ether oxygens (including phenoxy) is 3. The number of methoxy groups -OCH3 is 3. The van der Waals surface area contributed by atoms with Crippen molar-refractivity contribution in [1.82, 2.24) is 5.43 Å². The highest BCUT2D eigenvalue weighted by Gasteiger charge is 2.16. The number of rotatable bonds is 9. The highest BCUT2D eigenvalue weighted by atomic mass is 32.2. The first-order chi connectivity index (χ1) is 15.8. The van der Waals surface area contributed by atoms with Crippen molar-refractivity contribution < 1.29 is 27.4 Å². The van der Waals surface area contributed by atoms with Crippen molar-refractivity contribution >= 4 is 38.7 Å². The summed E-state index contributed by atoms with van der Waals surface area (Å²) in [6.45, 7) is 1.73. The van der Waals surface area contributed by atoms with Gasteiger partial charge in [-0.2, -0.15) is 5.10 Å². The van der Waals surface area contributed by atoms with E-state index in [9.17, 15) is 13.2 Å². The Morgan fingerprint density at radius 3 is 2.09 bits per heavy atom. The predicted molar refractivity (Wildman–Crippen MR) is 127 cm³/mol. The summed E-state index contributed by atoms with van der Waals surface area (Å²) in [5, 5.41) is 5.83. The molecule has 174 valence electrons. The molecule has 0 atom stereocenters. The van der Waals surface area contributed by atoms with Crippen LogP contribution in [0, 0.1) is 0 Å². The minimum Gasteiger partial charge on any atom is -0.493 e. The minimum atomic E-state index is -3.66. The number of carbonyl (C=O) groups is 1. The Morgan fingerprint density at radius 2 is 1.58 bits per heavy atom. The van der Waals surface area contributed by atoms with E-state index in [2.05, 4.69) is 15.2 Å². The molecular weight excluding hydrogens is 466 g/mol. The van der Waals surface area contributed by atoms with Crippen LogP contribution in [0.1, 0.15) is 22.8 Å². The van der Waals surface area contributed by atoms with E-state index in [0.717, 1.165) is 11.3 Å². The lowest BCUT2D eigenvalue weighted by molar-refractivity contribution is 0.0955. The molecule has 2 N–H and O–H groups in total. The highest BCUT2D eigenvalue weighted by molar-refractivity contribution is 7.94. The number of nitrogens with zero attached hydrogens (tertiary/aromatic N) is 1. The molecule has 3 rings (SSSR count). The largest absolute Gasteiger partial charge is 0.493 e. The summed E-state index contributed by atoms with van der Waals surface area (Å²) in [5.74, 6) is 0.937. The summed E-state index contributed by atoms with van der Waals surface area (Å²) in [6, 6.07) is 12.7. The summed E-state index contributed by atoms with van der Waals surface area (Å²) in [5.41, 5.74) is 4.34. The van der Waals surface area contributed by atoms with E-state index in [1.165, 1.54) is 51.7 Å². The standard InChI is InChI=1S/C22H23N3O6S2/c1-14(16-12-18(29-2)21(31-4)19(13-16)30-3)23-24-22(26)15-7-9-17(10-8-15)25-33(27,28)20-6-5-11-32-20/h5-13,25H,1-4H3,(H,24,26)/b23-14+. The van der Waals surface area contributed by atoms with E-state index in [1.807, 2.05) is 0 Å². The van der Waals surface area contributed by atoms with Gasteiger partial charge in [0.25, 0.3) is 15.9 Å². The van der Waals surface area contributed by atoms with E-state index < -0.39 is 15.9 Å². The lowest BCUT2D eigenvalue weighted by atomic mass is 10.1. The average molecular weight is 490 g/mol. The Kier molecular flexibility index (Phi) is 7.56. The number of hydrogen-bond donors (Lipinski definition) is 2. The van der Waals surface area contributed by atoms with Crippen molar-refractivity contribution in [2.75, 3.05) is 26.1 Å². The molecular formula is C22H23N3O6S2. The normalized spacial score (nSPS) is 11.6. The molecule has 1 amide bonds. The van der Waals surface area contributed by atoms with Crippen LogP contribution < -0.4 is 24.4 Å². The van der Waals surface area contributed by atoms with Crippen LogP contribution in [0.4, 0.5) is 5.69 Å². The van der Waals surface area contributed by atoms with Crippen LogP contribution in [-0.2, 0) is 10.0 Å². The molecule has 0 aliphatic rings. The van der Waals surface area contributed by atoms with E-state index >= 15 is 0 Å². The monoisotopic (exact) mass is 489 g/mol. The Labute approximate surface area is 196 Å². The summed E-state index contributed by atoms with van der Waals surface area (Å²) in [7, 11) is 0.885. The SMILES string of the molecule is COc1cc(/C(C)=N/NC(=O)c2ccc(NS(=O)(=O)c3cccs3)cc2)cc(OC)c1OC. The fourth-order valence-corrected chi connectivity index (χ4v) is 4.92. The smallest absolute Gasteiger partial charge is 0.271 e. The maximum Gasteiger partial charge on any atom is 0.271 e. The van der Waals surface area contributed by atoms with E-state index in [4.69, 9.17) is 14.2 Å². The van der Waals surface area contributed by atoms with Gasteiger partial charge in [-0.05, 0) is 54.8 Å². The fourth-order valence-electron chi connectivity index (χ4n) is 2.87. The van der Waals surface area contributed by atoms with Crippen molar-refractivity contribution in [1.29, 1.82) is 0 Å². The molecule has 0 bridgehead atoms. The summed E-state index contributed by atoms with van der Waals surface area (Å²) < 4.78 is 43.3. The van der Waals surface area contributed by atoms with Crippen molar-refractivity contribution in [2.45, 2.75) is 11.1 Å². The average Bonchev–Trinajstić information content (AvgIpc) is 3.37. The second-order valence-corrected chi connectivity index (χ2v) is 9.52. The minimum absolute atomic E-state index is 0.209. The molecule has 2 aromatic carbocycles. The van der Waals surface area contributed by atoms with Gasteiger partial charge in [0.15, 0.2) is 11.5 Å². The molecule has 0 aliphatic heterocycles. The molecule has 0 saturated carbocycles. The van der Waals surface area contributed by atoms with Gasteiger partial charge in [-0.3, -0.25) is 9.52 Å². The van der Waals surface area contributed by atoms with Gasteiger partial charge in [0.2, 0.25) is 5.75 Å². The number of carbonyl (C=O) groups excluding carboxylic acids is 1. The molecule has 0 radical (unpaired) electrons. The third-order valence-corrected chi connectivity index (χ3v) is 7.35. The zero-order valence-electron chi connectivity index (χ0n) is 18.4. The zero-order chi connectivity index (χ0) is 24.0. The molecule has 0 aliphatic carbocycles. The van der Waals surface area contributed by atoms with E-state index in [1.54, 1.807) is 30.5 Å². The van der Waals surface area contributed by atoms with Crippen LogP contribution in [0.25, 0.3) is 0 Å². The number of amides is 1. The molecule has 1 heterocycles. The molecule has 0 spiro atoms. The Balaban J connectivity index is 1.71. The second-order valence-electron chi connectivity index (χ2n) is 6.67. The molecule has 9 nitrogen and oxygen atoms in total.